The monoisotopic (exact) mass is 279 g/mol. The molecule has 0 radical (unpaired) electrons. The summed E-state index contributed by atoms with van der Waals surface area (Å²) in [4.78, 5) is 0. The van der Waals surface area contributed by atoms with E-state index in [4.69, 9.17) is 4.74 Å². The smallest absolute Gasteiger partial charge is 0.127 e. The fraction of sp³-hybridized carbons (Fsp3) is 0.647. The summed E-state index contributed by atoms with van der Waals surface area (Å²) in [7, 11) is 0. The van der Waals surface area contributed by atoms with E-state index in [1.54, 1.807) is 6.07 Å². The Balaban J connectivity index is 2.05. The van der Waals surface area contributed by atoms with Gasteiger partial charge in [-0.05, 0) is 55.8 Å². The quantitative estimate of drug-likeness (QED) is 0.839. The van der Waals surface area contributed by atoms with Crippen LogP contribution >= 0.6 is 0 Å². The molecule has 1 N–H and O–H groups in total. The van der Waals surface area contributed by atoms with E-state index in [9.17, 15) is 4.39 Å². The molecule has 3 heteroatoms. The van der Waals surface area contributed by atoms with E-state index in [0.717, 1.165) is 24.9 Å². The lowest BCUT2D eigenvalue weighted by Gasteiger charge is -2.31. The highest BCUT2D eigenvalue weighted by atomic mass is 19.1. The third kappa shape index (κ3) is 4.20. The van der Waals surface area contributed by atoms with Gasteiger partial charge in [-0.2, -0.15) is 0 Å². The fourth-order valence-electron chi connectivity index (χ4n) is 3.03. The van der Waals surface area contributed by atoms with Crippen molar-refractivity contribution in [3.05, 3.63) is 29.6 Å². The molecule has 20 heavy (non-hydrogen) atoms. The highest BCUT2D eigenvalue weighted by Crippen LogP contribution is 2.31. The molecule has 1 fully saturated rings. The zero-order valence-electron chi connectivity index (χ0n) is 12.6. The average molecular weight is 279 g/mol. The summed E-state index contributed by atoms with van der Waals surface area (Å²) in [6.07, 6.45) is 6.25. The first kappa shape index (κ1) is 15.3. The number of rotatable bonds is 6. The summed E-state index contributed by atoms with van der Waals surface area (Å²) in [6.45, 7) is 5.83. The number of hydrogen-bond donors (Lipinski definition) is 1. The number of halogens is 1. The van der Waals surface area contributed by atoms with Crippen molar-refractivity contribution in [3.63, 3.8) is 0 Å². The van der Waals surface area contributed by atoms with Crippen LogP contribution in [-0.4, -0.2) is 12.6 Å². The van der Waals surface area contributed by atoms with Gasteiger partial charge in [0.05, 0.1) is 0 Å². The molecule has 0 bridgehead atoms. The van der Waals surface area contributed by atoms with Crippen LogP contribution in [0.3, 0.4) is 0 Å². The molecule has 0 spiro atoms. The third-order valence-electron chi connectivity index (χ3n) is 4.16. The molecule has 1 saturated carbocycles. The van der Waals surface area contributed by atoms with Gasteiger partial charge in [-0.15, -0.1) is 0 Å². The maximum absolute atomic E-state index is 13.7. The minimum Gasteiger partial charge on any atom is -0.490 e. The number of ether oxygens (including phenoxy) is 1. The molecule has 1 aromatic carbocycles. The number of nitrogens with one attached hydrogen (secondary N) is 1. The van der Waals surface area contributed by atoms with E-state index < -0.39 is 0 Å². The van der Waals surface area contributed by atoms with E-state index in [0.29, 0.717) is 18.2 Å². The summed E-state index contributed by atoms with van der Waals surface area (Å²) in [5.74, 6) is 1.09. The first-order valence-corrected chi connectivity index (χ1v) is 7.89. The molecular formula is C17H26FNO. The Morgan fingerprint density at radius 1 is 1.20 bits per heavy atom. The standard InChI is InChI=1S/C17H26FNO/c1-3-14-7-5-6-8-17(14)20-16-10-13(12-19-4-2)9-15(18)11-16/h9-11,14,17,19H,3-8,12H2,1-2H3. The zero-order chi connectivity index (χ0) is 14.4. The Morgan fingerprint density at radius 3 is 2.75 bits per heavy atom. The van der Waals surface area contributed by atoms with Crippen molar-refractivity contribution in [2.24, 2.45) is 5.92 Å². The van der Waals surface area contributed by atoms with Gasteiger partial charge >= 0.3 is 0 Å². The van der Waals surface area contributed by atoms with Crippen LogP contribution in [0.5, 0.6) is 5.75 Å². The number of hydrogen-bond acceptors (Lipinski definition) is 2. The van der Waals surface area contributed by atoms with Crippen molar-refractivity contribution >= 4 is 0 Å². The fourth-order valence-corrected chi connectivity index (χ4v) is 3.03. The average Bonchev–Trinajstić information content (AvgIpc) is 2.45. The van der Waals surface area contributed by atoms with Gasteiger partial charge in [0.2, 0.25) is 0 Å². The van der Waals surface area contributed by atoms with Crippen molar-refractivity contribution in [2.75, 3.05) is 6.54 Å². The Hall–Kier alpha value is -1.09. The summed E-state index contributed by atoms with van der Waals surface area (Å²) in [5, 5.41) is 3.22. The van der Waals surface area contributed by atoms with Crippen molar-refractivity contribution in [1.29, 1.82) is 0 Å². The lowest BCUT2D eigenvalue weighted by molar-refractivity contribution is 0.0900. The molecule has 2 unspecified atom stereocenters. The molecule has 2 rings (SSSR count). The van der Waals surface area contributed by atoms with Gasteiger partial charge < -0.3 is 10.1 Å². The Kier molecular flexibility index (Phi) is 5.84. The highest BCUT2D eigenvalue weighted by Gasteiger charge is 2.25. The Labute approximate surface area is 121 Å². The second kappa shape index (κ2) is 7.63. The van der Waals surface area contributed by atoms with E-state index >= 15 is 0 Å². The number of benzene rings is 1. The first-order valence-electron chi connectivity index (χ1n) is 7.89. The summed E-state index contributed by atoms with van der Waals surface area (Å²) in [5.41, 5.74) is 0.950. The normalized spacial score (nSPS) is 22.8. The topological polar surface area (TPSA) is 21.3 Å². The van der Waals surface area contributed by atoms with Crippen molar-refractivity contribution < 1.29 is 9.13 Å². The molecule has 0 aromatic heterocycles. The summed E-state index contributed by atoms with van der Waals surface area (Å²) in [6, 6.07) is 5.05. The summed E-state index contributed by atoms with van der Waals surface area (Å²) < 4.78 is 19.8. The molecule has 2 nitrogen and oxygen atoms in total. The second-order valence-corrected chi connectivity index (χ2v) is 5.68. The van der Waals surface area contributed by atoms with Gasteiger partial charge in [0.15, 0.2) is 0 Å². The van der Waals surface area contributed by atoms with E-state index in [-0.39, 0.29) is 11.9 Å². The molecule has 0 heterocycles. The first-order chi connectivity index (χ1) is 9.72. The third-order valence-corrected chi connectivity index (χ3v) is 4.16. The van der Waals surface area contributed by atoms with Gasteiger partial charge in [0, 0.05) is 12.6 Å². The van der Waals surface area contributed by atoms with E-state index in [2.05, 4.69) is 12.2 Å². The molecule has 0 aliphatic heterocycles. The zero-order valence-corrected chi connectivity index (χ0v) is 12.6. The van der Waals surface area contributed by atoms with Gasteiger partial charge in [-0.25, -0.2) is 4.39 Å². The molecule has 112 valence electrons. The van der Waals surface area contributed by atoms with E-state index in [1.165, 1.54) is 25.3 Å². The minimum atomic E-state index is -0.209. The molecule has 0 amide bonds. The van der Waals surface area contributed by atoms with Gasteiger partial charge in [0.1, 0.15) is 17.7 Å². The predicted octanol–water partition coefficient (Wildman–Crippen LogP) is 4.28. The van der Waals surface area contributed by atoms with Gasteiger partial charge in [-0.3, -0.25) is 0 Å². The molecule has 1 aliphatic carbocycles. The van der Waals surface area contributed by atoms with E-state index in [1.807, 2.05) is 13.0 Å². The lowest BCUT2D eigenvalue weighted by Crippen LogP contribution is -2.30. The van der Waals surface area contributed by atoms with Crippen LogP contribution < -0.4 is 10.1 Å². The van der Waals surface area contributed by atoms with Crippen LogP contribution in [0.1, 0.15) is 51.5 Å². The van der Waals surface area contributed by atoms with Crippen molar-refractivity contribution in [1.82, 2.24) is 5.32 Å². The molecule has 0 saturated heterocycles. The SMILES string of the molecule is CCNCc1cc(F)cc(OC2CCCCC2CC)c1. The van der Waals surface area contributed by atoms with Crippen LogP contribution in [-0.2, 0) is 6.54 Å². The minimum absolute atomic E-state index is 0.209. The molecule has 1 aliphatic rings. The van der Waals surface area contributed by atoms with Gasteiger partial charge in [-0.1, -0.05) is 20.3 Å². The van der Waals surface area contributed by atoms with Crippen LogP contribution in [0.2, 0.25) is 0 Å². The van der Waals surface area contributed by atoms with Crippen LogP contribution in [0.25, 0.3) is 0 Å². The molecule has 1 aromatic rings. The Bertz CT molecular complexity index is 421. The van der Waals surface area contributed by atoms with Gasteiger partial charge in [0.25, 0.3) is 0 Å². The maximum atomic E-state index is 13.7. The van der Waals surface area contributed by atoms with Crippen LogP contribution in [0, 0.1) is 11.7 Å². The predicted molar refractivity (Wildman–Crippen MR) is 80.4 cm³/mol. The molecule has 2 atom stereocenters. The van der Waals surface area contributed by atoms with Crippen LogP contribution in [0.4, 0.5) is 4.39 Å². The highest BCUT2D eigenvalue weighted by molar-refractivity contribution is 5.30. The van der Waals surface area contributed by atoms with Crippen LogP contribution in [0.15, 0.2) is 18.2 Å². The Morgan fingerprint density at radius 2 is 2.00 bits per heavy atom. The van der Waals surface area contributed by atoms with Crippen molar-refractivity contribution in [3.8, 4) is 5.75 Å². The maximum Gasteiger partial charge on any atom is 0.127 e. The summed E-state index contributed by atoms with van der Waals surface area (Å²) >= 11 is 0. The largest absolute Gasteiger partial charge is 0.490 e. The second-order valence-electron chi connectivity index (χ2n) is 5.68. The lowest BCUT2D eigenvalue weighted by atomic mass is 9.85. The molecular weight excluding hydrogens is 253 g/mol. The van der Waals surface area contributed by atoms with Crippen molar-refractivity contribution in [2.45, 2.75) is 58.6 Å².